The van der Waals surface area contributed by atoms with E-state index in [1.807, 2.05) is 12.1 Å². The molecule has 0 radical (unpaired) electrons. The van der Waals surface area contributed by atoms with Gasteiger partial charge < -0.3 is 9.47 Å². The Morgan fingerprint density at radius 3 is 1.86 bits per heavy atom. The van der Waals surface area contributed by atoms with Crippen molar-refractivity contribution in [2.45, 2.75) is 26.7 Å². The standard InChI is InChI=1S/C30H25F3O3/c1-3-5-19-6-8-20(9-7-19)24-15-16-25(29(33)28(24)32)21-10-12-22(13-11-21)30(34)36-23-14-17-27(35-4-2)26(31)18-23/h6-18H,3-5H2,1-2H3. The Bertz CT molecular complexity index is 1360. The molecule has 0 unspecified atom stereocenters. The van der Waals surface area contributed by atoms with Gasteiger partial charge in [-0.05, 0) is 54.3 Å². The summed E-state index contributed by atoms with van der Waals surface area (Å²) in [5.41, 5.74) is 2.58. The van der Waals surface area contributed by atoms with E-state index in [1.165, 1.54) is 42.5 Å². The molecular weight excluding hydrogens is 465 g/mol. The summed E-state index contributed by atoms with van der Waals surface area (Å²) in [7, 11) is 0. The predicted molar refractivity (Wildman–Crippen MR) is 134 cm³/mol. The summed E-state index contributed by atoms with van der Waals surface area (Å²) in [6, 6.07) is 20.3. The van der Waals surface area contributed by atoms with Crippen LogP contribution in [0.2, 0.25) is 0 Å². The number of aryl methyl sites for hydroxylation is 1. The van der Waals surface area contributed by atoms with Gasteiger partial charge in [-0.15, -0.1) is 0 Å². The fourth-order valence-corrected chi connectivity index (χ4v) is 3.90. The first-order valence-corrected chi connectivity index (χ1v) is 11.7. The average Bonchev–Trinajstić information content (AvgIpc) is 2.88. The van der Waals surface area contributed by atoms with E-state index in [-0.39, 0.29) is 28.2 Å². The van der Waals surface area contributed by atoms with Crippen LogP contribution in [0, 0.1) is 17.5 Å². The summed E-state index contributed by atoms with van der Waals surface area (Å²) < 4.78 is 54.3. The van der Waals surface area contributed by atoms with Gasteiger partial charge in [-0.1, -0.05) is 61.9 Å². The fraction of sp³-hybridized carbons (Fsp3) is 0.167. The zero-order valence-corrected chi connectivity index (χ0v) is 20.0. The normalized spacial score (nSPS) is 10.8. The number of esters is 1. The molecule has 0 aliphatic heterocycles. The first-order valence-electron chi connectivity index (χ1n) is 11.7. The molecule has 6 heteroatoms. The molecule has 184 valence electrons. The lowest BCUT2D eigenvalue weighted by atomic mass is 9.97. The largest absolute Gasteiger partial charge is 0.491 e. The van der Waals surface area contributed by atoms with Gasteiger partial charge in [0.05, 0.1) is 12.2 Å². The van der Waals surface area contributed by atoms with Crippen LogP contribution >= 0.6 is 0 Å². The Kier molecular flexibility index (Phi) is 7.74. The van der Waals surface area contributed by atoms with Crippen molar-refractivity contribution in [3.8, 4) is 33.8 Å². The summed E-state index contributed by atoms with van der Waals surface area (Å²) in [4.78, 5) is 12.5. The molecule has 0 N–H and O–H groups in total. The molecule has 4 rings (SSSR count). The van der Waals surface area contributed by atoms with E-state index in [0.717, 1.165) is 24.5 Å². The Morgan fingerprint density at radius 1 is 0.750 bits per heavy atom. The third kappa shape index (κ3) is 5.43. The SMILES string of the molecule is CCCc1ccc(-c2ccc(-c3ccc(C(=O)Oc4ccc(OCC)c(F)c4)cc3)c(F)c2F)cc1. The van der Waals surface area contributed by atoms with E-state index in [1.54, 1.807) is 25.1 Å². The monoisotopic (exact) mass is 490 g/mol. The summed E-state index contributed by atoms with van der Waals surface area (Å²) in [6.45, 7) is 4.12. The molecule has 36 heavy (non-hydrogen) atoms. The molecule has 4 aromatic carbocycles. The second kappa shape index (κ2) is 11.1. The maximum atomic E-state index is 15.0. The molecule has 0 amide bonds. The minimum atomic E-state index is -0.967. The Morgan fingerprint density at radius 2 is 1.33 bits per heavy atom. The fourth-order valence-electron chi connectivity index (χ4n) is 3.90. The predicted octanol–water partition coefficient (Wildman–Crippen LogP) is 8.01. The van der Waals surface area contributed by atoms with Crippen molar-refractivity contribution in [1.82, 2.24) is 0 Å². The number of ether oxygens (including phenoxy) is 2. The Labute approximate surface area is 208 Å². The number of rotatable bonds is 8. The number of halogens is 3. The van der Waals surface area contributed by atoms with E-state index >= 15 is 0 Å². The molecule has 0 saturated carbocycles. The molecule has 0 fully saturated rings. The van der Waals surface area contributed by atoms with Gasteiger partial charge in [0.15, 0.2) is 23.2 Å². The molecule has 4 aromatic rings. The molecule has 0 spiro atoms. The second-order valence-corrected chi connectivity index (χ2v) is 8.23. The van der Waals surface area contributed by atoms with Crippen molar-refractivity contribution in [3.63, 3.8) is 0 Å². The van der Waals surface area contributed by atoms with Crippen LogP contribution < -0.4 is 9.47 Å². The summed E-state index contributed by atoms with van der Waals surface area (Å²) in [6.07, 6.45) is 1.93. The van der Waals surface area contributed by atoms with Crippen LogP contribution in [-0.2, 0) is 6.42 Å². The van der Waals surface area contributed by atoms with E-state index in [0.29, 0.717) is 17.7 Å². The van der Waals surface area contributed by atoms with Crippen molar-refractivity contribution in [3.05, 3.63) is 107 Å². The average molecular weight is 491 g/mol. The van der Waals surface area contributed by atoms with Crippen LogP contribution in [0.3, 0.4) is 0 Å². The first kappa shape index (κ1) is 25.0. The van der Waals surface area contributed by atoms with Gasteiger partial charge in [-0.3, -0.25) is 0 Å². The van der Waals surface area contributed by atoms with Crippen LogP contribution in [0.4, 0.5) is 13.2 Å². The third-order valence-corrected chi connectivity index (χ3v) is 5.73. The maximum absolute atomic E-state index is 15.0. The molecular formula is C30H25F3O3. The van der Waals surface area contributed by atoms with Gasteiger partial charge in [0, 0.05) is 17.2 Å². The van der Waals surface area contributed by atoms with Gasteiger partial charge in [0.2, 0.25) is 0 Å². The highest BCUT2D eigenvalue weighted by molar-refractivity contribution is 5.91. The summed E-state index contributed by atoms with van der Waals surface area (Å²) in [5.74, 6) is -3.16. The highest BCUT2D eigenvalue weighted by atomic mass is 19.2. The topological polar surface area (TPSA) is 35.5 Å². The van der Waals surface area contributed by atoms with Gasteiger partial charge in [-0.2, -0.15) is 0 Å². The van der Waals surface area contributed by atoms with Crippen molar-refractivity contribution in [2.24, 2.45) is 0 Å². The quantitative estimate of drug-likeness (QED) is 0.185. The number of benzene rings is 4. The van der Waals surface area contributed by atoms with Gasteiger partial charge in [0.25, 0.3) is 0 Å². The minimum absolute atomic E-state index is 0.0245. The zero-order valence-electron chi connectivity index (χ0n) is 20.0. The van der Waals surface area contributed by atoms with Crippen molar-refractivity contribution in [1.29, 1.82) is 0 Å². The van der Waals surface area contributed by atoms with E-state index in [9.17, 15) is 18.0 Å². The van der Waals surface area contributed by atoms with Crippen LogP contribution in [0.5, 0.6) is 11.5 Å². The summed E-state index contributed by atoms with van der Waals surface area (Å²) in [5, 5.41) is 0. The Balaban J connectivity index is 1.51. The molecule has 0 bridgehead atoms. The first-order chi connectivity index (χ1) is 17.4. The maximum Gasteiger partial charge on any atom is 0.343 e. The number of carbonyl (C=O) groups is 1. The third-order valence-electron chi connectivity index (χ3n) is 5.73. The smallest absolute Gasteiger partial charge is 0.343 e. The van der Waals surface area contributed by atoms with Crippen LogP contribution in [0.25, 0.3) is 22.3 Å². The van der Waals surface area contributed by atoms with Crippen molar-refractivity contribution in [2.75, 3.05) is 6.61 Å². The molecule has 0 aliphatic rings. The lowest BCUT2D eigenvalue weighted by Crippen LogP contribution is -2.08. The second-order valence-electron chi connectivity index (χ2n) is 8.23. The zero-order chi connectivity index (χ0) is 25.7. The summed E-state index contributed by atoms with van der Waals surface area (Å²) >= 11 is 0. The Hall–Kier alpha value is -4.06. The van der Waals surface area contributed by atoms with Gasteiger partial charge >= 0.3 is 5.97 Å². The minimum Gasteiger partial charge on any atom is -0.491 e. The van der Waals surface area contributed by atoms with Gasteiger partial charge in [0.1, 0.15) is 5.75 Å². The number of hydrogen-bond acceptors (Lipinski definition) is 3. The van der Waals surface area contributed by atoms with E-state index in [2.05, 4.69) is 6.92 Å². The van der Waals surface area contributed by atoms with Crippen LogP contribution in [-0.4, -0.2) is 12.6 Å². The van der Waals surface area contributed by atoms with Crippen molar-refractivity contribution >= 4 is 5.97 Å². The molecule has 3 nitrogen and oxygen atoms in total. The lowest BCUT2D eigenvalue weighted by Gasteiger charge is -2.11. The van der Waals surface area contributed by atoms with E-state index < -0.39 is 23.4 Å². The molecule has 0 aliphatic carbocycles. The molecule has 0 heterocycles. The lowest BCUT2D eigenvalue weighted by molar-refractivity contribution is 0.0734. The van der Waals surface area contributed by atoms with Crippen LogP contribution in [0.1, 0.15) is 36.2 Å². The van der Waals surface area contributed by atoms with Crippen molar-refractivity contribution < 1.29 is 27.4 Å². The van der Waals surface area contributed by atoms with Gasteiger partial charge in [-0.25, -0.2) is 18.0 Å². The molecule has 0 saturated heterocycles. The van der Waals surface area contributed by atoms with Crippen LogP contribution in [0.15, 0.2) is 78.9 Å². The highest BCUT2D eigenvalue weighted by Gasteiger charge is 2.17. The molecule has 0 atom stereocenters. The molecule has 0 aromatic heterocycles. The van der Waals surface area contributed by atoms with E-state index in [4.69, 9.17) is 9.47 Å². The highest BCUT2D eigenvalue weighted by Crippen LogP contribution is 2.32. The number of carbonyl (C=O) groups excluding carboxylic acids is 1. The number of hydrogen-bond donors (Lipinski definition) is 0.